The molecule has 0 spiro atoms. The highest BCUT2D eigenvalue weighted by Gasteiger charge is 2.36. The van der Waals surface area contributed by atoms with Gasteiger partial charge in [-0.2, -0.15) is 0 Å². The van der Waals surface area contributed by atoms with E-state index in [1.54, 1.807) is 0 Å². The molecule has 0 radical (unpaired) electrons. The maximum atomic E-state index is 13.9. The molecule has 6 rings (SSSR count). The predicted molar refractivity (Wildman–Crippen MR) is 165 cm³/mol. The molecule has 1 aliphatic carbocycles. The highest BCUT2D eigenvalue weighted by molar-refractivity contribution is 6.30. The van der Waals surface area contributed by atoms with E-state index in [0.717, 1.165) is 40.2 Å². The number of fused-ring (bicyclic) bond motifs is 1. The van der Waals surface area contributed by atoms with Crippen LogP contribution in [0.5, 0.6) is 11.5 Å². The summed E-state index contributed by atoms with van der Waals surface area (Å²) < 4.78 is 12.2. The van der Waals surface area contributed by atoms with Gasteiger partial charge in [0, 0.05) is 22.7 Å². The normalized spacial score (nSPS) is 18.0. The van der Waals surface area contributed by atoms with E-state index in [1.807, 2.05) is 67.6 Å². The Morgan fingerprint density at radius 1 is 0.829 bits per heavy atom. The second-order valence-corrected chi connectivity index (χ2v) is 11.1. The summed E-state index contributed by atoms with van der Waals surface area (Å²) in [7, 11) is 0. The Morgan fingerprint density at radius 2 is 1.56 bits per heavy atom. The van der Waals surface area contributed by atoms with Crippen LogP contribution in [0.2, 0.25) is 5.02 Å². The number of nitrogens with one attached hydrogen (secondary N) is 2. The van der Waals surface area contributed by atoms with Crippen molar-refractivity contribution in [1.29, 1.82) is 0 Å². The van der Waals surface area contributed by atoms with Crippen LogP contribution in [0.15, 0.2) is 102 Å². The minimum Gasteiger partial charge on any atom is -0.490 e. The molecule has 1 aliphatic heterocycles. The molecule has 0 aromatic heterocycles. The van der Waals surface area contributed by atoms with Crippen molar-refractivity contribution in [2.45, 2.75) is 45.3 Å². The third-order valence-electron chi connectivity index (χ3n) is 7.77. The molecule has 0 amide bonds. The van der Waals surface area contributed by atoms with Gasteiger partial charge >= 0.3 is 0 Å². The lowest BCUT2D eigenvalue weighted by molar-refractivity contribution is -0.116. The molecule has 41 heavy (non-hydrogen) atoms. The number of para-hydroxylation sites is 2. The summed E-state index contributed by atoms with van der Waals surface area (Å²) >= 11 is 6.03. The Morgan fingerprint density at radius 3 is 2.32 bits per heavy atom. The average Bonchev–Trinajstić information content (AvgIpc) is 3.15. The van der Waals surface area contributed by atoms with Crippen LogP contribution in [0.4, 0.5) is 11.4 Å². The van der Waals surface area contributed by atoms with E-state index in [9.17, 15) is 4.79 Å². The lowest BCUT2D eigenvalue weighted by Crippen LogP contribution is -2.27. The number of hydrogen-bond acceptors (Lipinski definition) is 5. The quantitative estimate of drug-likeness (QED) is 0.235. The number of benzene rings is 4. The van der Waals surface area contributed by atoms with Crippen LogP contribution in [-0.4, -0.2) is 12.4 Å². The van der Waals surface area contributed by atoms with E-state index >= 15 is 0 Å². The highest BCUT2D eigenvalue weighted by atomic mass is 35.5. The van der Waals surface area contributed by atoms with Gasteiger partial charge in [-0.15, -0.1) is 0 Å². The molecule has 5 nitrogen and oxygen atoms in total. The lowest BCUT2D eigenvalue weighted by Gasteiger charge is -2.30. The molecule has 6 heteroatoms. The number of halogens is 1. The molecule has 0 unspecified atom stereocenters. The number of ether oxygens (including phenoxy) is 2. The van der Waals surface area contributed by atoms with Crippen molar-refractivity contribution in [2.75, 3.05) is 17.2 Å². The van der Waals surface area contributed by atoms with Crippen LogP contribution in [0, 0.1) is 6.92 Å². The summed E-state index contributed by atoms with van der Waals surface area (Å²) in [5.41, 5.74) is 8.03. The molecule has 0 fully saturated rings. The Balaban J connectivity index is 1.36. The van der Waals surface area contributed by atoms with Gasteiger partial charge in [0.15, 0.2) is 17.3 Å². The first-order valence-corrected chi connectivity index (χ1v) is 14.5. The van der Waals surface area contributed by atoms with Gasteiger partial charge in [0.25, 0.3) is 0 Å². The van der Waals surface area contributed by atoms with Crippen molar-refractivity contribution in [3.63, 3.8) is 0 Å². The van der Waals surface area contributed by atoms with Crippen molar-refractivity contribution in [3.05, 3.63) is 130 Å². The van der Waals surface area contributed by atoms with E-state index < -0.39 is 0 Å². The number of allylic oxidation sites excluding steroid dienone is 1. The van der Waals surface area contributed by atoms with Crippen LogP contribution in [0.1, 0.15) is 54.0 Å². The minimum absolute atomic E-state index is 0.128. The summed E-state index contributed by atoms with van der Waals surface area (Å²) in [6.07, 6.45) is 1.23. The number of ketones is 1. The number of anilines is 2. The standard InChI is InChI=1S/C35H33ClN2O3/c1-3-40-33-20-25(14-17-32(33)41-21-23-10-15-27(36)16-11-23)35-34-30(37-28-6-4-5-7-29(28)38-35)18-26(19-31(34)39)24-12-8-22(2)9-13-24/h4-17,20,26,35,37-38H,3,18-19,21H2,1-2H3/t26-,35+/m0/s1. The van der Waals surface area contributed by atoms with Gasteiger partial charge in [0.1, 0.15) is 6.61 Å². The van der Waals surface area contributed by atoms with Gasteiger partial charge in [-0.3, -0.25) is 4.79 Å². The number of Topliss-reactive ketones (excluding diaryl/α,β-unsaturated/α-hetero) is 1. The number of carbonyl (C=O) groups is 1. The second-order valence-electron chi connectivity index (χ2n) is 10.6. The zero-order valence-corrected chi connectivity index (χ0v) is 24.0. The molecule has 0 saturated carbocycles. The smallest absolute Gasteiger partial charge is 0.163 e. The maximum absolute atomic E-state index is 13.9. The van der Waals surface area contributed by atoms with Gasteiger partial charge in [-0.25, -0.2) is 0 Å². The Bertz CT molecular complexity index is 1600. The summed E-state index contributed by atoms with van der Waals surface area (Å²) in [5.74, 6) is 1.58. The molecule has 1 heterocycles. The van der Waals surface area contributed by atoms with Crippen molar-refractivity contribution < 1.29 is 14.3 Å². The van der Waals surface area contributed by atoms with Gasteiger partial charge in [-0.05, 0) is 79.3 Å². The first kappa shape index (κ1) is 27.0. The van der Waals surface area contributed by atoms with Crippen LogP contribution in [0.3, 0.4) is 0 Å². The van der Waals surface area contributed by atoms with E-state index in [1.165, 1.54) is 11.1 Å². The molecule has 208 valence electrons. The van der Waals surface area contributed by atoms with Crippen LogP contribution in [0.25, 0.3) is 0 Å². The average molecular weight is 565 g/mol. The molecule has 4 aromatic carbocycles. The number of aryl methyl sites for hydroxylation is 1. The molecule has 2 aliphatic rings. The third-order valence-corrected chi connectivity index (χ3v) is 8.02. The number of carbonyl (C=O) groups excluding carboxylic acids is 1. The summed E-state index contributed by atoms with van der Waals surface area (Å²) in [6.45, 7) is 4.93. The van der Waals surface area contributed by atoms with Crippen molar-refractivity contribution in [2.24, 2.45) is 0 Å². The van der Waals surface area contributed by atoms with Crippen molar-refractivity contribution in [1.82, 2.24) is 0 Å². The van der Waals surface area contributed by atoms with Crippen LogP contribution >= 0.6 is 11.6 Å². The summed E-state index contributed by atoms with van der Waals surface area (Å²) in [5, 5.41) is 7.99. The summed E-state index contributed by atoms with van der Waals surface area (Å²) in [4.78, 5) is 13.9. The largest absolute Gasteiger partial charge is 0.490 e. The van der Waals surface area contributed by atoms with Crippen LogP contribution in [-0.2, 0) is 11.4 Å². The molecular weight excluding hydrogens is 532 g/mol. The van der Waals surface area contributed by atoms with E-state index in [0.29, 0.717) is 36.2 Å². The lowest BCUT2D eigenvalue weighted by atomic mass is 9.78. The van der Waals surface area contributed by atoms with Gasteiger partial charge in [0.2, 0.25) is 0 Å². The topological polar surface area (TPSA) is 59.6 Å². The predicted octanol–water partition coefficient (Wildman–Crippen LogP) is 8.61. The zero-order chi connectivity index (χ0) is 28.3. The second kappa shape index (κ2) is 11.7. The molecule has 2 N–H and O–H groups in total. The third kappa shape index (κ3) is 5.82. The van der Waals surface area contributed by atoms with E-state index in [2.05, 4.69) is 47.9 Å². The molecule has 2 atom stereocenters. The highest BCUT2D eigenvalue weighted by Crippen LogP contribution is 2.45. The zero-order valence-electron chi connectivity index (χ0n) is 23.2. The molecule has 0 saturated heterocycles. The van der Waals surface area contributed by atoms with E-state index in [4.69, 9.17) is 21.1 Å². The molecule has 0 bridgehead atoms. The molecule has 4 aromatic rings. The van der Waals surface area contributed by atoms with Crippen molar-refractivity contribution in [3.8, 4) is 11.5 Å². The fraction of sp³-hybridized carbons (Fsp3) is 0.229. The maximum Gasteiger partial charge on any atom is 0.163 e. The van der Waals surface area contributed by atoms with Gasteiger partial charge in [-0.1, -0.05) is 71.8 Å². The minimum atomic E-state index is -0.336. The van der Waals surface area contributed by atoms with Gasteiger partial charge in [0.05, 0.1) is 24.0 Å². The number of hydrogen-bond donors (Lipinski definition) is 2. The van der Waals surface area contributed by atoms with Gasteiger partial charge < -0.3 is 20.1 Å². The Labute approximate surface area is 246 Å². The SMILES string of the molecule is CCOc1cc([C@H]2Nc3ccccc3NC3=C2C(=O)C[C@@H](c2ccc(C)cc2)C3)ccc1OCc1ccc(Cl)cc1. The first-order valence-electron chi connectivity index (χ1n) is 14.1. The number of rotatable bonds is 7. The van der Waals surface area contributed by atoms with Crippen LogP contribution < -0.4 is 20.1 Å². The Hall–Kier alpha value is -4.22. The monoisotopic (exact) mass is 564 g/mol. The first-order chi connectivity index (χ1) is 20.0. The van der Waals surface area contributed by atoms with Crippen molar-refractivity contribution >= 4 is 28.8 Å². The Kier molecular flexibility index (Phi) is 7.71. The fourth-order valence-corrected chi connectivity index (χ4v) is 5.78. The fourth-order valence-electron chi connectivity index (χ4n) is 5.65. The summed E-state index contributed by atoms with van der Waals surface area (Å²) in [6, 6.07) is 29.9. The van der Waals surface area contributed by atoms with E-state index in [-0.39, 0.29) is 17.7 Å². The molecular formula is C35H33ClN2O3.